The summed E-state index contributed by atoms with van der Waals surface area (Å²) in [6, 6.07) is 0. The van der Waals surface area contributed by atoms with Crippen LogP contribution in [0, 0.1) is 11.3 Å². The minimum absolute atomic E-state index is 0.0677. The summed E-state index contributed by atoms with van der Waals surface area (Å²) in [7, 11) is 0. The molecule has 1 aliphatic heterocycles. The normalized spacial score (nSPS) is 20.7. The molecular formula is C20H27N6OS+. The van der Waals surface area contributed by atoms with Crippen LogP contribution in [-0.4, -0.2) is 56.6 Å². The number of piperazine rings is 1. The molecule has 0 bridgehead atoms. The van der Waals surface area contributed by atoms with Crippen LogP contribution in [0.3, 0.4) is 0 Å². The quantitative estimate of drug-likeness (QED) is 0.673. The molecular weight excluding hydrogens is 372 g/mol. The summed E-state index contributed by atoms with van der Waals surface area (Å²) < 4.78 is 1.69. The third kappa shape index (κ3) is 2.90. The molecule has 7 nitrogen and oxygen atoms in total. The van der Waals surface area contributed by atoms with Crippen LogP contribution in [0.15, 0.2) is 6.33 Å². The van der Waals surface area contributed by atoms with Gasteiger partial charge in [0.15, 0.2) is 5.65 Å². The van der Waals surface area contributed by atoms with Crippen molar-refractivity contribution in [2.45, 2.75) is 40.0 Å². The first kappa shape index (κ1) is 18.0. The van der Waals surface area contributed by atoms with Crippen molar-refractivity contribution in [3.63, 3.8) is 0 Å². The van der Waals surface area contributed by atoms with Crippen molar-refractivity contribution in [2.24, 2.45) is 11.3 Å². The van der Waals surface area contributed by atoms with Gasteiger partial charge in [0.2, 0.25) is 5.82 Å². The number of aromatic nitrogens is 4. The summed E-state index contributed by atoms with van der Waals surface area (Å²) in [6.45, 7) is 10.4. The van der Waals surface area contributed by atoms with Crippen LogP contribution in [0.1, 0.15) is 48.3 Å². The average molecular weight is 400 g/mol. The number of nitrogens with two attached hydrogens (primary N) is 1. The lowest BCUT2D eigenvalue weighted by atomic mass is 9.72. The zero-order chi connectivity index (χ0) is 19.5. The molecule has 4 heterocycles. The van der Waals surface area contributed by atoms with Crippen molar-refractivity contribution in [3.8, 4) is 0 Å². The molecule has 2 N–H and O–H groups in total. The van der Waals surface area contributed by atoms with Gasteiger partial charge in [-0.3, -0.25) is 4.79 Å². The number of amides is 1. The summed E-state index contributed by atoms with van der Waals surface area (Å²) in [4.78, 5) is 26.5. The van der Waals surface area contributed by atoms with E-state index in [2.05, 4.69) is 41.2 Å². The molecule has 5 rings (SSSR count). The van der Waals surface area contributed by atoms with Crippen molar-refractivity contribution in [1.82, 2.24) is 24.5 Å². The zero-order valence-corrected chi connectivity index (χ0v) is 17.6. The highest BCUT2D eigenvalue weighted by molar-refractivity contribution is 7.19. The molecule has 1 aliphatic carbocycles. The van der Waals surface area contributed by atoms with Crippen molar-refractivity contribution in [3.05, 3.63) is 22.6 Å². The Bertz CT molecular complexity index is 1060. The van der Waals surface area contributed by atoms with E-state index in [1.807, 2.05) is 4.90 Å². The average Bonchev–Trinajstić information content (AvgIpc) is 3.27. The molecule has 2 aliphatic rings. The van der Waals surface area contributed by atoms with Gasteiger partial charge in [-0.05, 0) is 36.2 Å². The summed E-state index contributed by atoms with van der Waals surface area (Å²) in [5.74, 6) is 0.913. The minimum atomic E-state index is -0.0677. The predicted octanol–water partition coefficient (Wildman–Crippen LogP) is 1.51. The highest BCUT2D eigenvalue weighted by Crippen LogP contribution is 2.43. The lowest BCUT2D eigenvalue weighted by molar-refractivity contribution is -0.661. The number of fused-ring (bicyclic) bond motifs is 5. The Balaban J connectivity index is 1.56. The summed E-state index contributed by atoms with van der Waals surface area (Å²) in [5.41, 5.74) is 2.47. The maximum Gasteiger partial charge on any atom is 0.293 e. The van der Waals surface area contributed by atoms with Crippen molar-refractivity contribution >= 4 is 33.1 Å². The van der Waals surface area contributed by atoms with E-state index in [-0.39, 0.29) is 5.91 Å². The lowest BCUT2D eigenvalue weighted by Gasteiger charge is -2.33. The van der Waals surface area contributed by atoms with Gasteiger partial charge in [-0.25, -0.2) is 14.5 Å². The lowest BCUT2D eigenvalue weighted by Crippen LogP contribution is -2.89. The van der Waals surface area contributed by atoms with Gasteiger partial charge in [-0.15, -0.1) is 16.4 Å². The Morgan fingerprint density at radius 1 is 1.29 bits per heavy atom. The maximum absolute atomic E-state index is 12.8. The molecule has 0 radical (unpaired) electrons. The molecule has 1 fully saturated rings. The highest BCUT2D eigenvalue weighted by atomic mass is 32.1. The van der Waals surface area contributed by atoms with E-state index in [1.54, 1.807) is 22.2 Å². The van der Waals surface area contributed by atoms with Gasteiger partial charge in [0.05, 0.1) is 31.6 Å². The third-order valence-corrected chi connectivity index (χ3v) is 7.46. The van der Waals surface area contributed by atoms with Gasteiger partial charge in [0.25, 0.3) is 5.91 Å². The predicted molar refractivity (Wildman–Crippen MR) is 109 cm³/mol. The molecule has 0 spiro atoms. The Morgan fingerprint density at radius 3 is 2.82 bits per heavy atom. The molecule has 0 saturated carbocycles. The van der Waals surface area contributed by atoms with Crippen molar-refractivity contribution in [2.75, 3.05) is 26.2 Å². The molecule has 3 aromatic rings. The van der Waals surface area contributed by atoms with Gasteiger partial charge >= 0.3 is 0 Å². The number of hydrogen-bond donors (Lipinski definition) is 1. The number of quaternary nitrogens is 1. The second-order valence-corrected chi connectivity index (χ2v) is 10.2. The summed E-state index contributed by atoms with van der Waals surface area (Å²) in [5, 5.41) is 7.80. The van der Waals surface area contributed by atoms with Crippen LogP contribution in [-0.2, 0) is 12.8 Å². The van der Waals surface area contributed by atoms with E-state index in [0.717, 1.165) is 54.9 Å². The number of nitrogens with zero attached hydrogens (tertiary/aromatic N) is 5. The Morgan fingerprint density at radius 2 is 2.07 bits per heavy atom. The fourth-order valence-corrected chi connectivity index (χ4v) is 5.76. The molecule has 0 aromatic carbocycles. The standard InChI is InChI=1S/C20H26N6OS/c1-20(2,3)12-4-5-13-14(10-12)28-18-15(13)17-23-16(24-26(17)11-22-18)19(27)25-8-6-21-7-9-25/h11-12,21H,4-10H2,1-3H3/p+1/t12-/m1/s1. The first-order valence-corrected chi connectivity index (χ1v) is 11.0. The Hall–Kier alpha value is -2.06. The van der Waals surface area contributed by atoms with E-state index in [9.17, 15) is 4.79 Å². The summed E-state index contributed by atoms with van der Waals surface area (Å²) in [6.07, 6.45) is 5.05. The van der Waals surface area contributed by atoms with E-state index < -0.39 is 0 Å². The number of rotatable bonds is 1. The van der Waals surface area contributed by atoms with Crippen LogP contribution >= 0.6 is 11.3 Å². The number of thiophene rings is 1. The molecule has 1 atom stereocenters. The Labute approximate surface area is 168 Å². The topological polar surface area (TPSA) is 80.0 Å². The first-order chi connectivity index (χ1) is 13.4. The first-order valence-electron chi connectivity index (χ1n) is 10.2. The third-order valence-electron chi connectivity index (χ3n) is 6.30. The smallest absolute Gasteiger partial charge is 0.293 e. The van der Waals surface area contributed by atoms with E-state index >= 15 is 0 Å². The van der Waals surface area contributed by atoms with Crippen molar-refractivity contribution < 1.29 is 10.1 Å². The Kier molecular flexibility index (Phi) is 4.17. The molecule has 0 unspecified atom stereocenters. The molecule has 1 amide bonds. The van der Waals surface area contributed by atoms with Gasteiger partial charge < -0.3 is 10.2 Å². The highest BCUT2D eigenvalue weighted by Gasteiger charge is 2.32. The molecule has 148 valence electrons. The number of carbonyl (C=O) groups excluding carboxylic acids is 1. The number of carbonyl (C=O) groups is 1. The zero-order valence-electron chi connectivity index (χ0n) is 16.7. The van der Waals surface area contributed by atoms with Gasteiger partial charge in [0, 0.05) is 4.88 Å². The largest absolute Gasteiger partial charge is 0.343 e. The van der Waals surface area contributed by atoms with Crippen LogP contribution in [0.25, 0.3) is 15.9 Å². The number of hydrogen-bond acceptors (Lipinski definition) is 5. The molecule has 1 saturated heterocycles. The van der Waals surface area contributed by atoms with Crippen LogP contribution in [0.4, 0.5) is 0 Å². The maximum atomic E-state index is 12.8. The molecule has 28 heavy (non-hydrogen) atoms. The summed E-state index contributed by atoms with van der Waals surface area (Å²) >= 11 is 1.79. The monoisotopic (exact) mass is 399 g/mol. The van der Waals surface area contributed by atoms with Crippen LogP contribution in [0.5, 0.6) is 0 Å². The SMILES string of the molecule is CC(C)(C)[C@@H]1CCc2c(sc3ncn4nc(C(=O)N5CC[NH2+]CC5)nc4c23)C1. The number of aryl methyl sites for hydroxylation is 1. The van der Waals surface area contributed by atoms with Crippen LogP contribution < -0.4 is 5.32 Å². The van der Waals surface area contributed by atoms with Crippen molar-refractivity contribution in [1.29, 1.82) is 0 Å². The minimum Gasteiger partial charge on any atom is -0.343 e. The second-order valence-electron chi connectivity index (χ2n) is 9.10. The van der Waals surface area contributed by atoms with Crippen LogP contribution in [0.2, 0.25) is 0 Å². The fourth-order valence-electron chi connectivity index (χ4n) is 4.50. The second kappa shape index (κ2) is 6.49. The van der Waals surface area contributed by atoms with E-state index in [4.69, 9.17) is 0 Å². The van der Waals surface area contributed by atoms with Gasteiger partial charge in [-0.2, -0.15) is 0 Å². The van der Waals surface area contributed by atoms with Gasteiger partial charge in [-0.1, -0.05) is 20.8 Å². The van der Waals surface area contributed by atoms with E-state index in [1.165, 1.54) is 16.9 Å². The van der Waals surface area contributed by atoms with Gasteiger partial charge in [0.1, 0.15) is 11.2 Å². The molecule has 3 aromatic heterocycles. The molecule has 8 heteroatoms. The fraction of sp³-hybridized carbons (Fsp3) is 0.600. The van der Waals surface area contributed by atoms with E-state index in [0.29, 0.717) is 17.2 Å².